The number of nitrogens with two attached hydrogens (primary N) is 1. The number of fused-ring (bicyclic) bond motifs is 1. The van der Waals surface area contributed by atoms with Gasteiger partial charge in [-0.2, -0.15) is 0 Å². The summed E-state index contributed by atoms with van der Waals surface area (Å²) in [5.74, 6) is 1.21. The van der Waals surface area contributed by atoms with E-state index in [1.807, 2.05) is 13.0 Å². The molecule has 2 aromatic rings. The fourth-order valence-corrected chi connectivity index (χ4v) is 1.22. The van der Waals surface area contributed by atoms with Crippen molar-refractivity contribution in [1.82, 2.24) is 15.0 Å². The van der Waals surface area contributed by atoms with Crippen LogP contribution in [0.15, 0.2) is 18.5 Å². The van der Waals surface area contributed by atoms with Crippen LogP contribution in [-0.2, 0) is 0 Å². The minimum atomic E-state index is 0.271. The highest BCUT2D eigenvalue weighted by atomic mass is 14.9. The highest BCUT2D eigenvalue weighted by molar-refractivity contribution is 5.73. The van der Waals surface area contributed by atoms with E-state index in [1.54, 1.807) is 12.4 Å². The summed E-state index contributed by atoms with van der Waals surface area (Å²) >= 11 is 0. The second-order valence-corrected chi connectivity index (χ2v) is 3.15. The van der Waals surface area contributed by atoms with Crippen LogP contribution in [0.4, 0.5) is 0 Å². The number of nitrogens with zero attached hydrogens (tertiary/aromatic N) is 2. The molecular weight excluding hydrogens is 164 g/mol. The zero-order chi connectivity index (χ0) is 9.26. The topological polar surface area (TPSA) is 67.6 Å². The molecule has 4 nitrogen and oxygen atoms in total. The highest BCUT2D eigenvalue weighted by Crippen LogP contribution is 2.14. The van der Waals surface area contributed by atoms with Crippen molar-refractivity contribution >= 4 is 11.0 Å². The SMILES string of the molecule is CC(CN)c1nc2ccncc2[nH]1. The van der Waals surface area contributed by atoms with Crippen molar-refractivity contribution in [3.63, 3.8) is 0 Å². The van der Waals surface area contributed by atoms with E-state index >= 15 is 0 Å². The first kappa shape index (κ1) is 8.19. The maximum Gasteiger partial charge on any atom is 0.111 e. The van der Waals surface area contributed by atoms with Crippen molar-refractivity contribution in [2.45, 2.75) is 12.8 Å². The van der Waals surface area contributed by atoms with Crippen LogP contribution in [0.3, 0.4) is 0 Å². The highest BCUT2D eigenvalue weighted by Gasteiger charge is 2.08. The van der Waals surface area contributed by atoms with Crippen LogP contribution < -0.4 is 5.73 Å². The van der Waals surface area contributed by atoms with Crippen LogP contribution >= 0.6 is 0 Å². The molecule has 3 N–H and O–H groups in total. The first-order valence-electron chi connectivity index (χ1n) is 4.31. The summed E-state index contributed by atoms with van der Waals surface area (Å²) < 4.78 is 0. The molecule has 0 amide bonds. The predicted molar refractivity (Wildman–Crippen MR) is 51.4 cm³/mol. The Hall–Kier alpha value is -1.42. The summed E-state index contributed by atoms with van der Waals surface area (Å²) in [5, 5.41) is 0. The molecule has 0 fully saturated rings. The molecule has 0 aliphatic heterocycles. The normalized spacial score (nSPS) is 13.4. The van der Waals surface area contributed by atoms with E-state index < -0.39 is 0 Å². The number of rotatable bonds is 2. The van der Waals surface area contributed by atoms with Crippen LogP contribution in [0.25, 0.3) is 11.0 Å². The molecule has 1 atom stereocenters. The zero-order valence-electron chi connectivity index (χ0n) is 7.49. The average molecular weight is 176 g/mol. The number of H-pyrrole nitrogens is 1. The Morgan fingerprint density at radius 1 is 1.62 bits per heavy atom. The lowest BCUT2D eigenvalue weighted by Gasteiger charge is -2.01. The molecule has 1 unspecified atom stereocenters. The van der Waals surface area contributed by atoms with Gasteiger partial charge in [0, 0.05) is 18.7 Å². The van der Waals surface area contributed by atoms with Gasteiger partial charge in [0.1, 0.15) is 5.82 Å². The lowest BCUT2D eigenvalue weighted by atomic mass is 10.2. The molecule has 2 rings (SSSR count). The molecule has 0 aliphatic rings. The monoisotopic (exact) mass is 176 g/mol. The first-order valence-corrected chi connectivity index (χ1v) is 4.31. The van der Waals surface area contributed by atoms with E-state index in [4.69, 9.17) is 5.73 Å². The largest absolute Gasteiger partial charge is 0.340 e. The number of nitrogens with one attached hydrogen (secondary N) is 1. The van der Waals surface area contributed by atoms with Gasteiger partial charge in [0.25, 0.3) is 0 Å². The molecule has 2 aromatic heterocycles. The number of aromatic amines is 1. The van der Waals surface area contributed by atoms with Crippen molar-refractivity contribution in [2.24, 2.45) is 5.73 Å². The van der Waals surface area contributed by atoms with Gasteiger partial charge in [-0.1, -0.05) is 6.92 Å². The molecule has 0 radical (unpaired) electrons. The fraction of sp³-hybridized carbons (Fsp3) is 0.333. The third-order valence-electron chi connectivity index (χ3n) is 2.12. The van der Waals surface area contributed by atoms with Crippen LogP contribution in [0, 0.1) is 0 Å². The van der Waals surface area contributed by atoms with E-state index in [0.717, 1.165) is 16.9 Å². The molecule has 68 valence electrons. The predicted octanol–water partition coefficient (Wildman–Crippen LogP) is 1.02. The summed E-state index contributed by atoms with van der Waals surface area (Å²) in [6.07, 6.45) is 3.51. The number of hydrogen-bond donors (Lipinski definition) is 2. The number of aromatic nitrogens is 3. The van der Waals surface area contributed by atoms with Gasteiger partial charge >= 0.3 is 0 Å². The van der Waals surface area contributed by atoms with Gasteiger partial charge in [-0.05, 0) is 6.07 Å². The van der Waals surface area contributed by atoms with Crippen molar-refractivity contribution in [3.05, 3.63) is 24.3 Å². The van der Waals surface area contributed by atoms with E-state index in [-0.39, 0.29) is 5.92 Å². The maximum atomic E-state index is 5.55. The molecule has 0 aromatic carbocycles. The molecule has 4 heteroatoms. The molecule has 2 heterocycles. The summed E-state index contributed by atoms with van der Waals surface area (Å²) in [6, 6.07) is 1.89. The molecule has 0 saturated heterocycles. The number of pyridine rings is 1. The minimum absolute atomic E-state index is 0.271. The van der Waals surface area contributed by atoms with Gasteiger partial charge in [0.15, 0.2) is 0 Å². The standard InChI is InChI=1S/C9H12N4/c1-6(4-10)9-12-7-2-3-11-5-8(7)13-9/h2-3,5-6H,4,10H2,1H3,(H,12,13). The summed E-state index contributed by atoms with van der Waals surface area (Å²) in [4.78, 5) is 11.6. The smallest absolute Gasteiger partial charge is 0.111 e. The number of imidazole rings is 1. The lowest BCUT2D eigenvalue weighted by molar-refractivity contribution is 0.728. The van der Waals surface area contributed by atoms with E-state index in [9.17, 15) is 0 Å². The lowest BCUT2D eigenvalue weighted by Crippen LogP contribution is -2.10. The van der Waals surface area contributed by atoms with E-state index in [1.165, 1.54) is 0 Å². The van der Waals surface area contributed by atoms with Crippen molar-refractivity contribution < 1.29 is 0 Å². The second-order valence-electron chi connectivity index (χ2n) is 3.15. The summed E-state index contributed by atoms with van der Waals surface area (Å²) in [7, 11) is 0. The average Bonchev–Trinajstić information content (AvgIpc) is 2.59. The van der Waals surface area contributed by atoms with Crippen LogP contribution in [0.2, 0.25) is 0 Å². The minimum Gasteiger partial charge on any atom is -0.340 e. The van der Waals surface area contributed by atoms with E-state index in [0.29, 0.717) is 6.54 Å². The zero-order valence-corrected chi connectivity index (χ0v) is 7.49. The molecule has 0 saturated carbocycles. The summed E-state index contributed by atoms with van der Waals surface area (Å²) in [5.41, 5.74) is 7.47. The Morgan fingerprint density at radius 2 is 2.46 bits per heavy atom. The molecule has 0 bridgehead atoms. The van der Waals surface area contributed by atoms with Gasteiger partial charge in [0.05, 0.1) is 17.2 Å². The van der Waals surface area contributed by atoms with Crippen molar-refractivity contribution in [3.8, 4) is 0 Å². The molecule has 0 aliphatic carbocycles. The van der Waals surface area contributed by atoms with Crippen molar-refractivity contribution in [2.75, 3.05) is 6.54 Å². The maximum absolute atomic E-state index is 5.55. The molecular formula is C9H12N4. The van der Waals surface area contributed by atoms with Crippen LogP contribution in [-0.4, -0.2) is 21.5 Å². The number of hydrogen-bond acceptors (Lipinski definition) is 3. The third-order valence-corrected chi connectivity index (χ3v) is 2.12. The van der Waals surface area contributed by atoms with Gasteiger partial charge in [-0.15, -0.1) is 0 Å². The quantitative estimate of drug-likeness (QED) is 0.717. The Labute approximate surface area is 76.2 Å². The third kappa shape index (κ3) is 1.40. The van der Waals surface area contributed by atoms with Crippen LogP contribution in [0.5, 0.6) is 0 Å². The van der Waals surface area contributed by atoms with E-state index in [2.05, 4.69) is 15.0 Å². The first-order chi connectivity index (χ1) is 6.31. The van der Waals surface area contributed by atoms with Crippen molar-refractivity contribution in [1.29, 1.82) is 0 Å². The summed E-state index contributed by atoms with van der Waals surface area (Å²) in [6.45, 7) is 2.65. The van der Waals surface area contributed by atoms with Gasteiger partial charge in [0.2, 0.25) is 0 Å². The molecule has 0 spiro atoms. The van der Waals surface area contributed by atoms with Crippen LogP contribution in [0.1, 0.15) is 18.7 Å². The second kappa shape index (κ2) is 3.14. The Balaban J connectivity index is 2.49. The van der Waals surface area contributed by atoms with Gasteiger partial charge in [-0.3, -0.25) is 4.98 Å². The Morgan fingerprint density at radius 3 is 3.15 bits per heavy atom. The Bertz CT molecular complexity index is 374. The Kier molecular flexibility index (Phi) is 1.98. The van der Waals surface area contributed by atoms with Gasteiger partial charge in [-0.25, -0.2) is 4.98 Å². The van der Waals surface area contributed by atoms with Gasteiger partial charge < -0.3 is 10.7 Å². The molecule has 13 heavy (non-hydrogen) atoms. The fourth-order valence-electron chi connectivity index (χ4n) is 1.22.